The van der Waals surface area contributed by atoms with Crippen molar-refractivity contribution in [3.63, 3.8) is 0 Å². The maximum absolute atomic E-state index is 12.8. The highest BCUT2D eigenvalue weighted by molar-refractivity contribution is 6.12. The fourth-order valence-corrected chi connectivity index (χ4v) is 2.94. The molecule has 112 valence electrons. The van der Waals surface area contributed by atoms with Crippen LogP contribution >= 0.6 is 0 Å². The van der Waals surface area contributed by atoms with Crippen LogP contribution in [-0.2, 0) is 0 Å². The van der Waals surface area contributed by atoms with Crippen LogP contribution in [0.5, 0.6) is 5.75 Å². The summed E-state index contributed by atoms with van der Waals surface area (Å²) in [5.41, 5.74) is 1.71. The standard InChI is InChI=1S/C17H22N2O2/c1-2-10-21-15-8-5-7-13-16(15)12(11-19-13)17(20)14-6-3-4-9-18-14/h5,7-8,11,14,18-19H,2-4,6,9-10H2,1H3. The predicted octanol–water partition coefficient (Wildman–Crippen LogP) is 3.28. The zero-order valence-corrected chi connectivity index (χ0v) is 12.4. The second kappa shape index (κ2) is 6.31. The fraction of sp³-hybridized carbons (Fsp3) is 0.471. The molecule has 0 bridgehead atoms. The lowest BCUT2D eigenvalue weighted by atomic mass is 9.96. The van der Waals surface area contributed by atoms with E-state index in [9.17, 15) is 4.79 Å². The SMILES string of the molecule is CCCOc1cccc2[nH]cc(C(=O)C3CCCCN3)c12. The highest BCUT2D eigenvalue weighted by atomic mass is 16.5. The van der Waals surface area contributed by atoms with Gasteiger partial charge in [0.2, 0.25) is 0 Å². The van der Waals surface area contributed by atoms with Gasteiger partial charge in [-0.25, -0.2) is 0 Å². The van der Waals surface area contributed by atoms with Crippen LogP contribution in [0, 0.1) is 0 Å². The number of aromatic amines is 1. The largest absolute Gasteiger partial charge is 0.493 e. The van der Waals surface area contributed by atoms with Crippen molar-refractivity contribution < 1.29 is 9.53 Å². The molecule has 3 rings (SSSR count). The Morgan fingerprint density at radius 2 is 2.29 bits per heavy atom. The molecule has 1 saturated heterocycles. The molecule has 0 aliphatic carbocycles. The first-order chi connectivity index (χ1) is 10.3. The van der Waals surface area contributed by atoms with Crippen LogP contribution in [-0.4, -0.2) is 30.0 Å². The smallest absolute Gasteiger partial charge is 0.182 e. The van der Waals surface area contributed by atoms with E-state index in [-0.39, 0.29) is 11.8 Å². The molecule has 1 aromatic heterocycles. The summed E-state index contributed by atoms with van der Waals surface area (Å²) in [6.07, 6.45) is 5.97. The third kappa shape index (κ3) is 2.81. The number of nitrogens with one attached hydrogen (secondary N) is 2. The number of benzene rings is 1. The van der Waals surface area contributed by atoms with Gasteiger partial charge in [-0.3, -0.25) is 4.79 Å². The third-order valence-corrected chi connectivity index (χ3v) is 4.02. The molecule has 0 amide bonds. The minimum absolute atomic E-state index is 0.0584. The number of hydrogen-bond donors (Lipinski definition) is 2. The lowest BCUT2D eigenvalue weighted by Gasteiger charge is -2.22. The van der Waals surface area contributed by atoms with Crippen LogP contribution in [0.2, 0.25) is 0 Å². The summed E-state index contributed by atoms with van der Waals surface area (Å²) >= 11 is 0. The average molecular weight is 286 g/mol. The third-order valence-electron chi connectivity index (χ3n) is 4.02. The van der Waals surface area contributed by atoms with E-state index in [2.05, 4.69) is 17.2 Å². The van der Waals surface area contributed by atoms with Crippen molar-refractivity contribution in [2.24, 2.45) is 0 Å². The molecule has 0 radical (unpaired) electrons. The molecule has 1 unspecified atom stereocenters. The Balaban J connectivity index is 1.95. The van der Waals surface area contributed by atoms with Crippen LogP contribution < -0.4 is 10.1 Å². The number of fused-ring (bicyclic) bond motifs is 1. The van der Waals surface area contributed by atoms with E-state index in [4.69, 9.17) is 4.74 Å². The van der Waals surface area contributed by atoms with Crippen molar-refractivity contribution in [1.82, 2.24) is 10.3 Å². The van der Waals surface area contributed by atoms with E-state index < -0.39 is 0 Å². The molecule has 0 saturated carbocycles. The molecule has 2 N–H and O–H groups in total. The number of ether oxygens (including phenoxy) is 1. The van der Waals surface area contributed by atoms with E-state index in [1.54, 1.807) is 0 Å². The Hall–Kier alpha value is -1.81. The maximum Gasteiger partial charge on any atom is 0.182 e. The first-order valence-electron chi connectivity index (χ1n) is 7.81. The van der Waals surface area contributed by atoms with Gasteiger partial charge in [-0.1, -0.05) is 19.4 Å². The Kier molecular flexibility index (Phi) is 4.25. The van der Waals surface area contributed by atoms with Gasteiger partial charge >= 0.3 is 0 Å². The van der Waals surface area contributed by atoms with Gasteiger partial charge in [-0.2, -0.15) is 0 Å². The molecule has 1 aromatic carbocycles. The minimum Gasteiger partial charge on any atom is -0.493 e. The van der Waals surface area contributed by atoms with Gasteiger partial charge in [-0.15, -0.1) is 0 Å². The fourth-order valence-electron chi connectivity index (χ4n) is 2.94. The second-order valence-electron chi connectivity index (χ2n) is 5.60. The van der Waals surface area contributed by atoms with Crippen molar-refractivity contribution in [2.75, 3.05) is 13.2 Å². The molecule has 1 fully saturated rings. The van der Waals surface area contributed by atoms with Crippen LogP contribution in [0.4, 0.5) is 0 Å². The molecule has 1 atom stereocenters. The second-order valence-corrected chi connectivity index (χ2v) is 5.60. The van der Waals surface area contributed by atoms with E-state index >= 15 is 0 Å². The Morgan fingerprint density at radius 1 is 1.38 bits per heavy atom. The quantitative estimate of drug-likeness (QED) is 0.829. The average Bonchev–Trinajstić information content (AvgIpc) is 2.97. The van der Waals surface area contributed by atoms with E-state index in [1.807, 2.05) is 24.4 Å². The van der Waals surface area contributed by atoms with Crippen LogP contribution in [0.25, 0.3) is 10.9 Å². The zero-order chi connectivity index (χ0) is 14.7. The van der Waals surface area contributed by atoms with Gasteiger partial charge in [0.25, 0.3) is 0 Å². The summed E-state index contributed by atoms with van der Waals surface area (Å²) in [5.74, 6) is 0.975. The normalized spacial score (nSPS) is 18.8. The number of carbonyl (C=O) groups is 1. The van der Waals surface area contributed by atoms with Gasteiger partial charge in [0, 0.05) is 17.3 Å². The van der Waals surface area contributed by atoms with E-state index in [1.165, 1.54) is 0 Å². The van der Waals surface area contributed by atoms with Gasteiger partial charge in [0.1, 0.15) is 5.75 Å². The number of ketones is 1. The number of carbonyl (C=O) groups excluding carboxylic acids is 1. The number of piperidine rings is 1. The summed E-state index contributed by atoms with van der Waals surface area (Å²) < 4.78 is 5.81. The van der Waals surface area contributed by atoms with Crippen molar-refractivity contribution >= 4 is 16.7 Å². The Bertz CT molecular complexity index is 627. The predicted molar refractivity (Wildman–Crippen MR) is 84.1 cm³/mol. The number of H-pyrrole nitrogens is 1. The molecule has 1 aliphatic rings. The highest BCUT2D eigenvalue weighted by Crippen LogP contribution is 2.30. The first-order valence-corrected chi connectivity index (χ1v) is 7.81. The van der Waals surface area contributed by atoms with Crippen LogP contribution in [0.1, 0.15) is 43.0 Å². The van der Waals surface area contributed by atoms with Crippen LogP contribution in [0.3, 0.4) is 0 Å². The molecular weight excluding hydrogens is 264 g/mol. The molecule has 1 aliphatic heterocycles. The van der Waals surface area contributed by atoms with E-state index in [0.29, 0.717) is 6.61 Å². The first kappa shape index (κ1) is 14.1. The van der Waals surface area contributed by atoms with Crippen molar-refractivity contribution in [3.8, 4) is 5.75 Å². The maximum atomic E-state index is 12.8. The number of hydrogen-bond acceptors (Lipinski definition) is 3. The molecule has 2 aromatic rings. The summed E-state index contributed by atoms with van der Waals surface area (Å²) in [7, 11) is 0. The zero-order valence-electron chi connectivity index (χ0n) is 12.4. The van der Waals surface area contributed by atoms with Crippen molar-refractivity contribution in [3.05, 3.63) is 30.0 Å². The number of aromatic nitrogens is 1. The van der Waals surface area contributed by atoms with E-state index in [0.717, 1.165) is 54.4 Å². The monoisotopic (exact) mass is 286 g/mol. The summed E-state index contributed by atoms with van der Waals surface area (Å²) in [5, 5.41) is 4.25. The van der Waals surface area contributed by atoms with Crippen LogP contribution in [0.15, 0.2) is 24.4 Å². The Morgan fingerprint density at radius 3 is 3.05 bits per heavy atom. The van der Waals surface area contributed by atoms with Gasteiger partial charge in [0.15, 0.2) is 5.78 Å². The highest BCUT2D eigenvalue weighted by Gasteiger charge is 2.25. The Labute approximate surface area is 124 Å². The van der Waals surface area contributed by atoms with Gasteiger partial charge < -0.3 is 15.0 Å². The van der Waals surface area contributed by atoms with Crippen molar-refractivity contribution in [1.29, 1.82) is 0 Å². The topological polar surface area (TPSA) is 54.1 Å². The summed E-state index contributed by atoms with van der Waals surface area (Å²) in [4.78, 5) is 16.0. The summed E-state index contributed by atoms with van der Waals surface area (Å²) in [6.45, 7) is 3.67. The summed E-state index contributed by atoms with van der Waals surface area (Å²) in [6, 6.07) is 5.82. The van der Waals surface area contributed by atoms with Gasteiger partial charge in [0.05, 0.1) is 18.0 Å². The minimum atomic E-state index is -0.0584. The lowest BCUT2D eigenvalue weighted by Crippen LogP contribution is -2.40. The molecule has 21 heavy (non-hydrogen) atoms. The number of rotatable bonds is 5. The molecule has 4 heteroatoms. The lowest BCUT2D eigenvalue weighted by molar-refractivity contribution is 0.0928. The molecule has 4 nitrogen and oxygen atoms in total. The van der Waals surface area contributed by atoms with Crippen molar-refractivity contribution in [2.45, 2.75) is 38.6 Å². The molecule has 2 heterocycles. The molecule has 0 spiro atoms. The number of Topliss-reactive ketones (excluding diaryl/α,β-unsaturated/α-hetero) is 1. The van der Waals surface area contributed by atoms with Gasteiger partial charge in [-0.05, 0) is 37.9 Å². The molecular formula is C17H22N2O2.